The van der Waals surface area contributed by atoms with E-state index in [0.717, 1.165) is 10.6 Å². The summed E-state index contributed by atoms with van der Waals surface area (Å²) in [4.78, 5) is 9.45. The van der Waals surface area contributed by atoms with Gasteiger partial charge in [-0.05, 0) is 43.0 Å². The number of nitrogens with zero attached hydrogens (tertiary/aromatic N) is 2. The van der Waals surface area contributed by atoms with E-state index >= 15 is 0 Å². The van der Waals surface area contributed by atoms with Crippen molar-refractivity contribution >= 4 is 23.1 Å². The molecule has 0 radical (unpaired) electrons. The van der Waals surface area contributed by atoms with Crippen molar-refractivity contribution in [2.75, 3.05) is 11.5 Å². The number of benzene rings is 1. The zero-order chi connectivity index (χ0) is 11.5. The zero-order valence-electron chi connectivity index (χ0n) is 8.84. The summed E-state index contributed by atoms with van der Waals surface area (Å²) in [6.45, 7) is 1.93. The van der Waals surface area contributed by atoms with Gasteiger partial charge in [0, 0.05) is 16.8 Å². The lowest BCUT2D eigenvalue weighted by Gasteiger charge is -2.04. The maximum Gasteiger partial charge on any atom is 0.192 e. The second-order valence-corrected chi connectivity index (χ2v) is 4.41. The van der Waals surface area contributed by atoms with Crippen LogP contribution in [0.2, 0.25) is 0 Å². The molecule has 1 aromatic heterocycles. The smallest absolute Gasteiger partial charge is 0.192 e. The van der Waals surface area contributed by atoms with Gasteiger partial charge in [0.15, 0.2) is 5.16 Å². The van der Waals surface area contributed by atoms with Gasteiger partial charge in [-0.15, -0.1) is 0 Å². The Balaban J connectivity index is 2.24. The van der Waals surface area contributed by atoms with Crippen molar-refractivity contribution < 1.29 is 0 Å². The van der Waals surface area contributed by atoms with Crippen LogP contribution in [0.5, 0.6) is 0 Å². The van der Waals surface area contributed by atoms with Gasteiger partial charge in [-0.1, -0.05) is 0 Å². The van der Waals surface area contributed by atoms with Crippen molar-refractivity contribution in [3.8, 4) is 0 Å². The average Bonchev–Trinajstić information content (AvgIpc) is 2.24. The maximum atomic E-state index is 5.73. The molecule has 4 nitrogen and oxygen atoms in total. The van der Waals surface area contributed by atoms with Crippen LogP contribution < -0.4 is 11.5 Å². The molecule has 0 bridgehead atoms. The van der Waals surface area contributed by atoms with E-state index in [4.69, 9.17) is 11.5 Å². The molecular weight excluding hydrogens is 220 g/mol. The van der Waals surface area contributed by atoms with E-state index in [1.54, 1.807) is 12.3 Å². The first kappa shape index (κ1) is 10.8. The number of nitrogens with two attached hydrogens (primary N) is 2. The van der Waals surface area contributed by atoms with E-state index in [0.29, 0.717) is 16.5 Å². The minimum atomic E-state index is 0.581. The average molecular weight is 232 g/mol. The highest BCUT2D eigenvalue weighted by atomic mass is 32.2. The highest BCUT2D eigenvalue weighted by molar-refractivity contribution is 7.99. The van der Waals surface area contributed by atoms with E-state index < -0.39 is 0 Å². The Morgan fingerprint density at radius 2 is 1.94 bits per heavy atom. The van der Waals surface area contributed by atoms with Crippen molar-refractivity contribution in [2.24, 2.45) is 0 Å². The number of nitrogen functional groups attached to an aromatic ring is 2. The minimum Gasteiger partial charge on any atom is -0.397 e. The van der Waals surface area contributed by atoms with E-state index in [1.807, 2.05) is 25.1 Å². The molecule has 0 amide bonds. The van der Waals surface area contributed by atoms with Crippen LogP contribution in [0.4, 0.5) is 11.4 Å². The first-order valence-electron chi connectivity index (χ1n) is 4.77. The summed E-state index contributed by atoms with van der Waals surface area (Å²) in [5.41, 5.74) is 13.5. The van der Waals surface area contributed by atoms with E-state index in [1.165, 1.54) is 11.8 Å². The van der Waals surface area contributed by atoms with Crippen LogP contribution in [0.15, 0.2) is 40.5 Å². The fourth-order valence-corrected chi connectivity index (χ4v) is 2.03. The Hall–Kier alpha value is -1.75. The fraction of sp³-hybridized carbons (Fsp3) is 0.0909. The lowest BCUT2D eigenvalue weighted by molar-refractivity contribution is 0.932. The quantitative estimate of drug-likeness (QED) is 0.612. The van der Waals surface area contributed by atoms with Gasteiger partial charge in [-0.2, -0.15) is 0 Å². The molecule has 0 saturated heterocycles. The van der Waals surface area contributed by atoms with Gasteiger partial charge in [-0.25, -0.2) is 9.97 Å². The highest BCUT2D eigenvalue weighted by Gasteiger charge is 2.02. The van der Waals surface area contributed by atoms with Crippen molar-refractivity contribution in [1.82, 2.24) is 9.97 Å². The van der Waals surface area contributed by atoms with Crippen molar-refractivity contribution in [2.45, 2.75) is 17.0 Å². The van der Waals surface area contributed by atoms with Crippen LogP contribution in [-0.2, 0) is 0 Å². The third-order valence-corrected chi connectivity index (χ3v) is 2.91. The van der Waals surface area contributed by atoms with Gasteiger partial charge in [0.25, 0.3) is 0 Å². The molecule has 82 valence electrons. The standard InChI is InChI=1S/C11H12N4S/c1-7-4-5-14-11(15-7)16-8-2-3-9(12)10(13)6-8/h2-6H,12-13H2,1H3. The zero-order valence-corrected chi connectivity index (χ0v) is 9.66. The number of aromatic nitrogens is 2. The third kappa shape index (κ3) is 2.43. The molecule has 0 atom stereocenters. The Bertz CT molecular complexity index is 513. The SMILES string of the molecule is Cc1ccnc(Sc2ccc(N)c(N)c2)n1. The molecule has 0 aliphatic carbocycles. The van der Waals surface area contributed by atoms with Gasteiger partial charge in [0.05, 0.1) is 11.4 Å². The molecule has 5 heteroatoms. The summed E-state index contributed by atoms with van der Waals surface area (Å²) < 4.78 is 0. The summed E-state index contributed by atoms with van der Waals surface area (Å²) >= 11 is 1.47. The number of anilines is 2. The Morgan fingerprint density at radius 3 is 2.62 bits per heavy atom. The van der Waals surface area contributed by atoms with Gasteiger partial charge in [0.1, 0.15) is 0 Å². The Labute approximate surface area is 98.1 Å². The molecule has 0 saturated carbocycles. The topological polar surface area (TPSA) is 77.8 Å². The molecule has 4 N–H and O–H groups in total. The summed E-state index contributed by atoms with van der Waals surface area (Å²) in [7, 11) is 0. The molecule has 2 aromatic rings. The monoisotopic (exact) mass is 232 g/mol. The van der Waals surface area contributed by atoms with Crippen molar-refractivity contribution in [3.63, 3.8) is 0 Å². The third-order valence-electron chi connectivity index (χ3n) is 2.04. The molecule has 16 heavy (non-hydrogen) atoms. The second kappa shape index (κ2) is 4.40. The predicted octanol–water partition coefficient (Wildman–Crippen LogP) is 2.10. The van der Waals surface area contributed by atoms with Crippen LogP contribution in [0.3, 0.4) is 0 Å². The molecular formula is C11H12N4S. The lowest BCUT2D eigenvalue weighted by Crippen LogP contribution is -1.94. The van der Waals surface area contributed by atoms with Crippen LogP contribution in [-0.4, -0.2) is 9.97 Å². The molecule has 0 spiro atoms. The lowest BCUT2D eigenvalue weighted by atomic mass is 10.3. The van der Waals surface area contributed by atoms with Crippen LogP contribution >= 0.6 is 11.8 Å². The molecule has 1 heterocycles. The maximum absolute atomic E-state index is 5.73. The predicted molar refractivity (Wildman–Crippen MR) is 66.2 cm³/mol. The first-order chi connectivity index (χ1) is 7.65. The van der Waals surface area contributed by atoms with Crippen LogP contribution in [0.25, 0.3) is 0 Å². The summed E-state index contributed by atoms with van der Waals surface area (Å²) in [5, 5.41) is 0.712. The van der Waals surface area contributed by atoms with Gasteiger partial charge in [-0.3, -0.25) is 0 Å². The Morgan fingerprint density at radius 1 is 1.12 bits per heavy atom. The molecule has 0 aliphatic heterocycles. The number of hydrogen-bond acceptors (Lipinski definition) is 5. The molecule has 0 aliphatic rings. The normalized spacial score (nSPS) is 10.3. The van der Waals surface area contributed by atoms with Gasteiger partial charge >= 0.3 is 0 Å². The van der Waals surface area contributed by atoms with Crippen LogP contribution in [0.1, 0.15) is 5.69 Å². The van der Waals surface area contributed by atoms with Crippen LogP contribution in [0, 0.1) is 6.92 Å². The Kier molecular flexibility index (Phi) is 2.96. The van der Waals surface area contributed by atoms with Crippen molar-refractivity contribution in [1.29, 1.82) is 0 Å². The number of hydrogen-bond donors (Lipinski definition) is 2. The molecule has 2 rings (SSSR count). The molecule has 1 aromatic carbocycles. The van der Waals surface area contributed by atoms with E-state index in [2.05, 4.69) is 9.97 Å². The number of aryl methyl sites for hydroxylation is 1. The van der Waals surface area contributed by atoms with Gasteiger partial charge in [0.2, 0.25) is 0 Å². The molecule has 0 fully saturated rings. The first-order valence-corrected chi connectivity index (χ1v) is 5.59. The fourth-order valence-electron chi connectivity index (χ4n) is 1.20. The van der Waals surface area contributed by atoms with E-state index in [9.17, 15) is 0 Å². The van der Waals surface area contributed by atoms with Crippen molar-refractivity contribution in [3.05, 3.63) is 36.2 Å². The summed E-state index contributed by atoms with van der Waals surface area (Å²) in [5.74, 6) is 0. The second-order valence-electron chi connectivity index (χ2n) is 3.37. The molecule has 0 unspecified atom stereocenters. The largest absolute Gasteiger partial charge is 0.397 e. The van der Waals surface area contributed by atoms with E-state index in [-0.39, 0.29) is 0 Å². The summed E-state index contributed by atoms with van der Waals surface area (Å²) in [6.07, 6.45) is 1.74. The summed E-state index contributed by atoms with van der Waals surface area (Å²) in [6, 6.07) is 7.38. The minimum absolute atomic E-state index is 0.581. The highest BCUT2D eigenvalue weighted by Crippen LogP contribution is 2.28. The van der Waals surface area contributed by atoms with Gasteiger partial charge < -0.3 is 11.5 Å². The number of rotatable bonds is 2.